The highest BCUT2D eigenvalue weighted by Gasteiger charge is 2.30. The van der Waals surface area contributed by atoms with Gasteiger partial charge in [-0.1, -0.05) is 19.1 Å². The first kappa shape index (κ1) is 22.7. The molecule has 2 N–H and O–H groups in total. The SMILES string of the molecule is CCOC(=O)c1ccc(C(C(N)=O)C(C)c2cc(OC)ccc2N2CCCCC2)cc1. The van der Waals surface area contributed by atoms with E-state index in [4.69, 9.17) is 15.2 Å². The minimum absolute atomic E-state index is 0.169. The van der Waals surface area contributed by atoms with E-state index < -0.39 is 11.8 Å². The van der Waals surface area contributed by atoms with Gasteiger partial charge in [-0.15, -0.1) is 0 Å². The van der Waals surface area contributed by atoms with Crippen molar-refractivity contribution in [1.82, 2.24) is 0 Å². The molecule has 6 nitrogen and oxygen atoms in total. The number of hydrogen-bond acceptors (Lipinski definition) is 5. The first-order valence-corrected chi connectivity index (χ1v) is 11.0. The van der Waals surface area contributed by atoms with Gasteiger partial charge in [-0.25, -0.2) is 4.79 Å². The zero-order valence-electron chi connectivity index (χ0n) is 18.6. The lowest BCUT2D eigenvalue weighted by Gasteiger charge is -2.33. The fourth-order valence-corrected chi connectivity index (χ4v) is 4.37. The van der Waals surface area contributed by atoms with Crippen molar-refractivity contribution in [2.24, 2.45) is 5.73 Å². The van der Waals surface area contributed by atoms with Gasteiger partial charge < -0.3 is 20.1 Å². The lowest BCUT2D eigenvalue weighted by atomic mass is 9.81. The van der Waals surface area contributed by atoms with Crippen LogP contribution in [-0.2, 0) is 9.53 Å². The van der Waals surface area contributed by atoms with E-state index in [1.54, 1.807) is 38.3 Å². The molecule has 2 aromatic carbocycles. The van der Waals surface area contributed by atoms with Crippen LogP contribution in [-0.4, -0.2) is 38.7 Å². The number of primary amides is 1. The highest BCUT2D eigenvalue weighted by molar-refractivity contribution is 5.90. The second kappa shape index (κ2) is 10.3. The summed E-state index contributed by atoms with van der Waals surface area (Å²) in [4.78, 5) is 26.9. The van der Waals surface area contributed by atoms with Gasteiger partial charge in [0.05, 0.1) is 25.2 Å². The summed E-state index contributed by atoms with van der Waals surface area (Å²) in [6, 6.07) is 13.0. The number of esters is 1. The second-order valence-corrected chi connectivity index (χ2v) is 7.98. The number of rotatable bonds is 8. The van der Waals surface area contributed by atoms with Crippen LogP contribution in [0.3, 0.4) is 0 Å². The molecule has 1 amide bonds. The fraction of sp³-hybridized carbons (Fsp3) is 0.440. The molecule has 2 aromatic rings. The Morgan fingerprint density at radius 3 is 2.32 bits per heavy atom. The van der Waals surface area contributed by atoms with Crippen LogP contribution in [0.25, 0.3) is 0 Å². The number of carbonyl (C=O) groups excluding carboxylic acids is 2. The van der Waals surface area contributed by atoms with E-state index in [0.29, 0.717) is 12.2 Å². The summed E-state index contributed by atoms with van der Waals surface area (Å²) in [6.07, 6.45) is 3.57. The summed E-state index contributed by atoms with van der Waals surface area (Å²) >= 11 is 0. The number of hydrogen-bond donors (Lipinski definition) is 1. The first-order chi connectivity index (χ1) is 15.0. The number of anilines is 1. The molecule has 1 heterocycles. The first-order valence-electron chi connectivity index (χ1n) is 11.0. The Bertz CT molecular complexity index is 904. The van der Waals surface area contributed by atoms with Gasteiger partial charge in [0.15, 0.2) is 0 Å². The molecule has 166 valence electrons. The third-order valence-electron chi connectivity index (χ3n) is 6.01. The van der Waals surface area contributed by atoms with Crippen LogP contribution >= 0.6 is 0 Å². The smallest absolute Gasteiger partial charge is 0.338 e. The summed E-state index contributed by atoms with van der Waals surface area (Å²) in [7, 11) is 1.64. The number of nitrogens with two attached hydrogens (primary N) is 1. The van der Waals surface area contributed by atoms with Gasteiger partial charge in [0.2, 0.25) is 5.91 Å². The summed E-state index contributed by atoms with van der Waals surface area (Å²) < 4.78 is 10.5. The van der Waals surface area contributed by atoms with Gasteiger partial charge in [-0.05, 0) is 73.6 Å². The maximum absolute atomic E-state index is 12.6. The Labute approximate surface area is 184 Å². The highest BCUT2D eigenvalue weighted by Crippen LogP contribution is 2.40. The normalized spacial score (nSPS) is 15.8. The summed E-state index contributed by atoms with van der Waals surface area (Å²) in [5.41, 5.74) is 9.28. The molecule has 0 radical (unpaired) electrons. The summed E-state index contributed by atoms with van der Waals surface area (Å²) in [6.45, 7) is 6.11. The number of methoxy groups -OCH3 is 1. The Morgan fingerprint density at radius 2 is 1.74 bits per heavy atom. The van der Waals surface area contributed by atoms with Gasteiger partial charge >= 0.3 is 5.97 Å². The molecule has 3 rings (SSSR count). The molecule has 6 heteroatoms. The van der Waals surface area contributed by atoms with Crippen LogP contribution in [0.4, 0.5) is 5.69 Å². The molecule has 31 heavy (non-hydrogen) atoms. The van der Waals surface area contributed by atoms with E-state index in [1.807, 2.05) is 19.1 Å². The van der Waals surface area contributed by atoms with Crippen molar-refractivity contribution >= 4 is 17.6 Å². The van der Waals surface area contributed by atoms with E-state index in [-0.39, 0.29) is 11.9 Å². The molecule has 0 spiro atoms. The third-order valence-corrected chi connectivity index (χ3v) is 6.01. The third kappa shape index (κ3) is 5.19. The minimum atomic E-state index is -0.535. The average molecular weight is 425 g/mol. The number of amides is 1. The van der Waals surface area contributed by atoms with E-state index in [0.717, 1.165) is 48.5 Å². The number of carbonyl (C=O) groups is 2. The van der Waals surface area contributed by atoms with Crippen molar-refractivity contribution in [3.8, 4) is 5.75 Å². The molecule has 2 unspecified atom stereocenters. The lowest BCUT2D eigenvalue weighted by Crippen LogP contribution is -2.32. The molecular formula is C25H32N2O4. The van der Waals surface area contributed by atoms with Gasteiger partial charge in [0.1, 0.15) is 5.75 Å². The standard InChI is InChI=1S/C25H32N2O4/c1-4-31-25(29)19-10-8-18(9-11-19)23(24(26)28)17(2)21-16-20(30-3)12-13-22(21)27-14-6-5-7-15-27/h8-13,16-17,23H,4-7,14-15H2,1-3H3,(H2,26,28). The van der Waals surface area contributed by atoms with Crippen LogP contribution in [0.2, 0.25) is 0 Å². The second-order valence-electron chi connectivity index (χ2n) is 7.98. The molecule has 0 bridgehead atoms. The number of nitrogens with zero attached hydrogens (tertiary/aromatic N) is 1. The van der Waals surface area contributed by atoms with Gasteiger partial charge in [-0.2, -0.15) is 0 Å². The van der Waals surface area contributed by atoms with Gasteiger partial charge in [0, 0.05) is 18.8 Å². The van der Waals surface area contributed by atoms with Crippen LogP contribution in [0, 0.1) is 0 Å². The largest absolute Gasteiger partial charge is 0.497 e. The fourth-order valence-electron chi connectivity index (χ4n) is 4.37. The predicted molar refractivity (Wildman–Crippen MR) is 122 cm³/mol. The number of benzene rings is 2. The van der Waals surface area contributed by atoms with E-state index in [1.165, 1.54) is 6.42 Å². The highest BCUT2D eigenvalue weighted by atomic mass is 16.5. The minimum Gasteiger partial charge on any atom is -0.497 e. The maximum atomic E-state index is 12.6. The molecule has 1 aliphatic heterocycles. The van der Waals surface area contributed by atoms with Crippen LogP contribution in [0.15, 0.2) is 42.5 Å². The van der Waals surface area contributed by atoms with Crippen molar-refractivity contribution in [3.63, 3.8) is 0 Å². The quantitative estimate of drug-likeness (QED) is 0.641. The molecule has 2 atom stereocenters. The van der Waals surface area contributed by atoms with Crippen molar-refractivity contribution < 1.29 is 19.1 Å². The number of piperidine rings is 1. The van der Waals surface area contributed by atoms with E-state index >= 15 is 0 Å². The van der Waals surface area contributed by atoms with Crippen molar-refractivity contribution in [1.29, 1.82) is 0 Å². The zero-order valence-corrected chi connectivity index (χ0v) is 18.6. The van der Waals surface area contributed by atoms with Crippen LogP contribution < -0.4 is 15.4 Å². The van der Waals surface area contributed by atoms with Crippen molar-refractivity contribution in [2.45, 2.75) is 44.9 Å². The van der Waals surface area contributed by atoms with Gasteiger partial charge in [0.25, 0.3) is 0 Å². The Kier molecular flexibility index (Phi) is 7.55. The topological polar surface area (TPSA) is 81.9 Å². The molecular weight excluding hydrogens is 392 g/mol. The van der Waals surface area contributed by atoms with E-state index in [2.05, 4.69) is 11.0 Å². The van der Waals surface area contributed by atoms with E-state index in [9.17, 15) is 9.59 Å². The Balaban J connectivity index is 1.97. The van der Waals surface area contributed by atoms with Crippen LogP contribution in [0.5, 0.6) is 5.75 Å². The lowest BCUT2D eigenvalue weighted by molar-refractivity contribution is -0.119. The van der Waals surface area contributed by atoms with Gasteiger partial charge in [-0.3, -0.25) is 4.79 Å². The molecule has 1 saturated heterocycles. The van der Waals surface area contributed by atoms with Crippen molar-refractivity contribution in [2.75, 3.05) is 31.7 Å². The average Bonchev–Trinajstić information content (AvgIpc) is 2.79. The zero-order chi connectivity index (χ0) is 22.4. The summed E-state index contributed by atoms with van der Waals surface area (Å²) in [5, 5.41) is 0. The summed E-state index contributed by atoms with van der Waals surface area (Å²) in [5.74, 6) is -0.727. The molecule has 0 aliphatic carbocycles. The molecule has 0 saturated carbocycles. The Morgan fingerprint density at radius 1 is 1.06 bits per heavy atom. The molecule has 1 fully saturated rings. The predicted octanol–water partition coefficient (Wildman–Crippen LogP) is 4.23. The monoisotopic (exact) mass is 424 g/mol. The maximum Gasteiger partial charge on any atom is 0.338 e. The molecule has 0 aromatic heterocycles. The number of ether oxygens (including phenoxy) is 2. The molecule has 1 aliphatic rings. The van der Waals surface area contributed by atoms with Crippen LogP contribution in [0.1, 0.15) is 66.4 Å². The Hall–Kier alpha value is -3.02. The van der Waals surface area contributed by atoms with Crippen molar-refractivity contribution in [3.05, 3.63) is 59.2 Å².